The van der Waals surface area contributed by atoms with Crippen molar-refractivity contribution in [1.82, 2.24) is 25.5 Å². The van der Waals surface area contributed by atoms with E-state index < -0.39 is 0 Å². The maximum absolute atomic E-state index is 12.5. The van der Waals surface area contributed by atoms with Gasteiger partial charge in [0.1, 0.15) is 11.4 Å². The summed E-state index contributed by atoms with van der Waals surface area (Å²) in [5, 5.41) is 8.41. The van der Waals surface area contributed by atoms with Crippen LogP contribution < -0.4 is 16.0 Å². The second kappa shape index (κ2) is 6.94. The Bertz CT molecular complexity index is 604. The molecule has 0 atom stereocenters. The highest BCUT2D eigenvalue weighted by Crippen LogP contribution is 2.21. The molecule has 0 radical (unpaired) electrons. The number of nitrogens with one attached hydrogen (secondary N) is 3. The van der Waals surface area contributed by atoms with Gasteiger partial charge in [-0.1, -0.05) is 0 Å². The SMILES string of the molecule is CNC1=C(Cn2ccnc2)C(=O)C(NC)=C(NC)C1=O.Cl. The smallest absolute Gasteiger partial charge is 0.227 e. The van der Waals surface area contributed by atoms with Crippen molar-refractivity contribution in [2.75, 3.05) is 21.1 Å². The van der Waals surface area contributed by atoms with Crippen LogP contribution in [-0.2, 0) is 16.1 Å². The number of rotatable bonds is 5. The van der Waals surface area contributed by atoms with Crippen molar-refractivity contribution < 1.29 is 9.59 Å². The fourth-order valence-corrected chi connectivity index (χ4v) is 2.21. The molecule has 1 aliphatic carbocycles. The highest BCUT2D eigenvalue weighted by molar-refractivity contribution is 6.24. The molecule has 0 saturated heterocycles. The zero-order valence-corrected chi connectivity index (χ0v) is 12.9. The molecule has 8 heteroatoms. The molecule has 0 bridgehead atoms. The largest absolute Gasteiger partial charge is 0.385 e. The van der Waals surface area contributed by atoms with Gasteiger partial charge in [0.2, 0.25) is 11.6 Å². The number of hydrogen-bond donors (Lipinski definition) is 3. The molecule has 1 heterocycles. The van der Waals surface area contributed by atoms with E-state index in [0.717, 1.165) is 0 Å². The summed E-state index contributed by atoms with van der Waals surface area (Å²) in [5.74, 6) is -0.427. The summed E-state index contributed by atoms with van der Waals surface area (Å²) in [5.41, 5.74) is 1.29. The quantitative estimate of drug-likeness (QED) is 0.640. The minimum absolute atomic E-state index is 0. The first-order valence-electron chi connectivity index (χ1n) is 6.19. The van der Waals surface area contributed by atoms with Gasteiger partial charge in [-0.25, -0.2) is 4.98 Å². The molecule has 1 aromatic heterocycles. The van der Waals surface area contributed by atoms with Crippen molar-refractivity contribution in [3.05, 3.63) is 41.4 Å². The Hall–Kier alpha value is -2.28. The van der Waals surface area contributed by atoms with Crippen molar-refractivity contribution in [2.24, 2.45) is 0 Å². The van der Waals surface area contributed by atoms with Gasteiger partial charge >= 0.3 is 0 Å². The predicted molar refractivity (Wildman–Crippen MR) is 80.7 cm³/mol. The van der Waals surface area contributed by atoms with E-state index in [4.69, 9.17) is 0 Å². The first-order chi connectivity index (χ1) is 9.63. The Morgan fingerprint density at radius 2 is 1.57 bits per heavy atom. The number of Topliss-reactive ketones (excluding diaryl/α,β-unsaturated/α-hetero) is 2. The number of likely N-dealkylation sites (N-methyl/N-ethyl adjacent to an activating group) is 3. The highest BCUT2D eigenvalue weighted by Gasteiger charge is 2.33. The molecule has 21 heavy (non-hydrogen) atoms. The predicted octanol–water partition coefficient (Wildman–Crippen LogP) is -0.419. The minimum Gasteiger partial charge on any atom is -0.385 e. The zero-order chi connectivity index (χ0) is 14.7. The van der Waals surface area contributed by atoms with Gasteiger partial charge in [0.15, 0.2) is 0 Å². The lowest BCUT2D eigenvalue weighted by atomic mass is 9.94. The highest BCUT2D eigenvalue weighted by atomic mass is 35.5. The minimum atomic E-state index is -0.228. The third-order valence-electron chi connectivity index (χ3n) is 3.16. The number of allylic oxidation sites excluding steroid dienone is 1. The van der Waals surface area contributed by atoms with Crippen LogP contribution in [0.4, 0.5) is 0 Å². The van der Waals surface area contributed by atoms with Crippen LogP contribution in [0.1, 0.15) is 0 Å². The van der Waals surface area contributed by atoms with Crippen LogP contribution in [0.25, 0.3) is 0 Å². The molecule has 114 valence electrons. The first-order valence-corrected chi connectivity index (χ1v) is 6.19. The number of halogens is 1. The van der Waals surface area contributed by atoms with E-state index in [9.17, 15) is 9.59 Å². The van der Waals surface area contributed by atoms with Gasteiger partial charge in [0.05, 0.1) is 18.6 Å². The van der Waals surface area contributed by atoms with Gasteiger partial charge < -0.3 is 20.5 Å². The fourth-order valence-electron chi connectivity index (χ4n) is 2.21. The molecule has 0 fully saturated rings. The summed E-state index contributed by atoms with van der Waals surface area (Å²) < 4.78 is 1.75. The summed E-state index contributed by atoms with van der Waals surface area (Å²) in [4.78, 5) is 28.8. The molecule has 1 aliphatic rings. The molecule has 1 aromatic rings. The van der Waals surface area contributed by atoms with Gasteiger partial charge in [-0.2, -0.15) is 0 Å². The lowest BCUT2D eigenvalue weighted by Gasteiger charge is -2.23. The van der Waals surface area contributed by atoms with Gasteiger partial charge in [0.25, 0.3) is 0 Å². The molecule has 0 spiro atoms. The second-order valence-electron chi connectivity index (χ2n) is 4.25. The summed E-state index contributed by atoms with van der Waals surface area (Å²) >= 11 is 0. The van der Waals surface area contributed by atoms with Crippen LogP contribution in [0, 0.1) is 0 Å². The van der Waals surface area contributed by atoms with Crippen LogP contribution in [0.2, 0.25) is 0 Å². The molecule has 3 N–H and O–H groups in total. The van der Waals surface area contributed by atoms with Gasteiger partial charge in [-0.3, -0.25) is 9.59 Å². The Morgan fingerprint density at radius 3 is 2.05 bits per heavy atom. The fraction of sp³-hybridized carbons (Fsp3) is 0.308. The van der Waals surface area contributed by atoms with Gasteiger partial charge in [-0.15, -0.1) is 12.4 Å². The van der Waals surface area contributed by atoms with Crippen molar-refractivity contribution in [2.45, 2.75) is 6.54 Å². The average Bonchev–Trinajstić information content (AvgIpc) is 2.95. The number of carbonyl (C=O) groups excluding carboxylic acids is 2. The molecule has 0 aliphatic heterocycles. The molecular formula is C13H18ClN5O2. The Kier molecular flexibility index (Phi) is 5.54. The Morgan fingerprint density at radius 1 is 1.00 bits per heavy atom. The van der Waals surface area contributed by atoms with Crippen molar-refractivity contribution in [1.29, 1.82) is 0 Å². The maximum atomic E-state index is 12.5. The van der Waals surface area contributed by atoms with Crippen molar-refractivity contribution in [3.8, 4) is 0 Å². The third-order valence-corrected chi connectivity index (χ3v) is 3.16. The monoisotopic (exact) mass is 311 g/mol. The molecular weight excluding hydrogens is 294 g/mol. The first kappa shape index (κ1) is 16.8. The standard InChI is InChI=1S/C13H17N5O2.ClH/c1-14-9-8(6-18-5-4-17-7-18)12(19)10(15-2)11(16-3)13(9)20;/h4-5,7,14-16H,6H2,1-3H3;1H. The molecule has 0 unspecified atom stereocenters. The number of carbonyl (C=O) groups is 2. The van der Waals surface area contributed by atoms with Crippen LogP contribution in [-0.4, -0.2) is 42.3 Å². The lowest BCUT2D eigenvalue weighted by molar-refractivity contribution is -0.117. The van der Waals surface area contributed by atoms with Crippen molar-refractivity contribution >= 4 is 24.0 Å². The normalized spacial score (nSPS) is 15.0. The number of hydrogen-bond acceptors (Lipinski definition) is 6. The van der Waals surface area contributed by atoms with E-state index >= 15 is 0 Å². The van der Waals surface area contributed by atoms with Gasteiger partial charge in [0, 0.05) is 39.1 Å². The summed E-state index contributed by atoms with van der Waals surface area (Å²) in [6.45, 7) is 0.295. The summed E-state index contributed by atoms with van der Waals surface area (Å²) in [6, 6.07) is 0. The number of ketones is 2. The van der Waals surface area contributed by atoms with E-state index in [0.29, 0.717) is 17.8 Å². The molecule has 2 rings (SSSR count). The maximum Gasteiger partial charge on any atom is 0.227 e. The Balaban J connectivity index is 0.00000220. The Labute approximate surface area is 128 Å². The average molecular weight is 312 g/mol. The van der Waals surface area contributed by atoms with Crippen LogP contribution >= 0.6 is 12.4 Å². The second-order valence-corrected chi connectivity index (χ2v) is 4.25. The molecule has 0 aromatic carbocycles. The van der Waals surface area contributed by atoms with Crippen LogP contribution in [0.15, 0.2) is 41.4 Å². The number of nitrogens with zero attached hydrogens (tertiary/aromatic N) is 2. The van der Waals surface area contributed by atoms with E-state index in [1.165, 1.54) is 0 Å². The van der Waals surface area contributed by atoms with E-state index in [2.05, 4.69) is 20.9 Å². The molecule has 0 amide bonds. The van der Waals surface area contributed by atoms with Crippen molar-refractivity contribution in [3.63, 3.8) is 0 Å². The number of aromatic nitrogens is 2. The van der Waals surface area contributed by atoms with E-state index in [-0.39, 0.29) is 35.4 Å². The van der Waals surface area contributed by atoms with E-state index in [1.807, 2.05) is 0 Å². The van der Waals surface area contributed by atoms with E-state index in [1.54, 1.807) is 44.4 Å². The van der Waals surface area contributed by atoms with Gasteiger partial charge in [-0.05, 0) is 0 Å². The summed E-state index contributed by atoms with van der Waals surface area (Å²) in [6.07, 6.45) is 4.98. The topological polar surface area (TPSA) is 88.1 Å². The zero-order valence-electron chi connectivity index (χ0n) is 12.1. The third kappa shape index (κ3) is 2.92. The summed E-state index contributed by atoms with van der Waals surface area (Å²) in [7, 11) is 4.87. The van der Waals surface area contributed by atoms with Crippen LogP contribution in [0.3, 0.4) is 0 Å². The lowest BCUT2D eigenvalue weighted by Crippen LogP contribution is -2.38. The molecule has 0 saturated carbocycles. The number of imidazole rings is 1. The van der Waals surface area contributed by atoms with Crippen LogP contribution in [0.5, 0.6) is 0 Å². The molecule has 7 nitrogen and oxygen atoms in total.